The second-order valence-electron chi connectivity index (χ2n) is 14.6. The molecule has 5 unspecified atom stereocenters. The van der Waals surface area contributed by atoms with Gasteiger partial charge in [0.1, 0.15) is 0 Å². The first kappa shape index (κ1) is 40.9. The first-order valence-electron chi connectivity index (χ1n) is 19.5. The lowest BCUT2D eigenvalue weighted by Gasteiger charge is -2.37. The van der Waals surface area contributed by atoms with Gasteiger partial charge in [0.2, 0.25) is 36.9 Å². The Morgan fingerprint density at radius 2 is 1.17 bits per heavy atom. The van der Waals surface area contributed by atoms with Crippen molar-refractivity contribution in [3.63, 3.8) is 0 Å². The van der Waals surface area contributed by atoms with Gasteiger partial charge in [-0.2, -0.15) is 14.8 Å². The van der Waals surface area contributed by atoms with Crippen LogP contribution in [-0.4, -0.2) is 140 Å². The Kier molecular flexibility index (Phi) is 11.7. The molecule has 7 rings (SSSR count). The van der Waals surface area contributed by atoms with Crippen molar-refractivity contribution in [3.05, 3.63) is 96.1 Å². The van der Waals surface area contributed by atoms with Gasteiger partial charge >= 0.3 is 18.1 Å². The molecule has 9 amide bonds. The van der Waals surface area contributed by atoms with Crippen molar-refractivity contribution in [2.45, 2.75) is 72.2 Å². The van der Waals surface area contributed by atoms with Gasteiger partial charge in [0.15, 0.2) is 0 Å². The van der Waals surface area contributed by atoms with E-state index >= 15 is 0 Å². The summed E-state index contributed by atoms with van der Waals surface area (Å²) in [5.74, 6) is -3.45. The van der Waals surface area contributed by atoms with Crippen molar-refractivity contribution >= 4 is 47.7 Å². The van der Waals surface area contributed by atoms with Crippen LogP contribution < -0.4 is 0 Å². The number of rotatable bonds is 13. The second kappa shape index (κ2) is 16.9. The van der Waals surface area contributed by atoms with Crippen LogP contribution in [0.5, 0.6) is 0 Å². The molecular formula is C41H47N9O9. The number of hydrogen-bond acceptors (Lipinski definition) is 12. The summed E-state index contributed by atoms with van der Waals surface area (Å²) in [7, 11) is 1.40. The highest BCUT2D eigenvalue weighted by Crippen LogP contribution is 2.35. The van der Waals surface area contributed by atoms with Crippen LogP contribution in [0.2, 0.25) is 0 Å². The number of aliphatic imine (C=N–C) groups is 2. The van der Waals surface area contributed by atoms with Crippen LogP contribution in [0.1, 0.15) is 45.2 Å². The predicted molar refractivity (Wildman–Crippen MR) is 211 cm³/mol. The minimum atomic E-state index is -1.67. The molecule has 5 aliphatic rings. The Balaban J connectivity index is 1.32. The number of urea groups is 3. The number of hydrogen-bond donors (Lipinski definition) is 0. The van der Waals surface area contributed by atoms with Gasteiger partial charge in [-0.15, -0.1) is 0 Å². The maximum atomic E-state index is 14.6. The third-order valence-electron chi connectivity index (χ3n) is 10.4. The SMILES string of the molecule is CCOC1C(=O)N(C2=NC(N3C(=O)C(OCC)N(Cc4ccccc4)C3=O)N(C)C(N3C(=O)C(OCC)N(CC4(C)C=CC=CC4)C3=O)=N2)C(=O)N1Cc1ccccc1. The Labute approximate surface area is 341 Å². The van der Waals surface area contributed by atoms with E-state index < -0.39 is 78.1 Å². The van der Waals surface area contributed by atoms with Crippen LogP contribution in [0, 0.1) is 5.41 Å². The molecule has 3 saturated heterocycles. The molecule has 0 bridgehead atoms. The largest absolute Gasteiger partial charge is 0.350 e. The lowest BCUT2D eigenvalue weighted by atomic mass is 9.83. The average Bonchev–Trinajstić information content (AvgIpc) is 3.70. The van der Waals surface area contributed by atoms with Gasteiger partial charge in [-0.05, 0) is 38.3 Å². The lowest BCUT2D eigenvalue weighted by Crippen LogP contribution is -2.60. The first-order valence-corrected chi connectivity index (χ1v) is 19.5. The number of carbonyl (C=O) groups excluding carboxylic acids is 6. The number of carbonyl (C=O) groups is 6. The van der Waals surface area contributed by atoms with Crippen LogP contribution in [0.25, 0.3) is 0 Å². The highest BCUT2D eigenvalue weighted by atomic mass is 16.5. The van der Waals surface area contributed by atoms with Crippen LogP contribution in [0.15, 0.2) is 95.0 Å². The van der Waals surface area contributed by atoms with E-state index in [1.807, 2.05) is 43.4 Å². The van der Waals surface area contributed by atoms with Crippen molar-refractivity contribution < 1.29 is 43.0 Å². The van der Waals surface area contributed by atoms with E-state index in [-0.39, 0.29) is 39.5 Å². The Bertz CT molecular complexity index is 2110. The second-order valence-corrected chi connectivity index (χ2v) is 14.6. The fraction of sp³-hybridized carbons (Fsp3) is 0.415. The Morgan fingerprint density at radius 3 is 1.71 bits per heavy atom. The Hall–Kier alpha value is -6.24. The van der Waals surface area contributed by atoms with Gasteiger partial charge in [0.25, 0.3) is 17.7 Å². The molecule has 4 heterocycles. The average molecular weight is 810 g/mol. The molecule has 18 heteroatoms. The van der Waals surface area contributed by atoms with E-state index in [2.05, 4.69) is 9.98 Å². The summed E-state index contributed by atoms with van der Waals surface area (Å²) in [6.45, 7) is 7.27. The van der Waals surface area contributed by atoms with Gasteiger partial charge in [0, 0.05) is 38.8 Å². The van der Waals surface area contributed by atoms with E-state index in [9.17, 15) is 28.8 Å². The summed E-state index contributed by atoms with van der Waals surface area (Å²) < 4.78 is 17.5. The fourth-order valence-electron chi connectivity index (χ4n) is 7.58. The summed E-state index contributed by atoms with van der Waals surface area (Å²) in [5, 5.41) is 0. The number of benzene rings is 2. The van der Waals surface area contributed by atoms with Gasteiger partial charge in [-0.3, -0.25) is 29.1 Å². The van der Waals surface area contributed by atoms with Crippen molar-refractivity contribution in [2.24, 2.45) is 15.4 Å². The topological polar surface area (TPSA) is 178 Å². The van der Waals surface area contributed by atoms with Gasteiger partial charge in [0.05, 0.1) is 13.1 Å². The molecule has 310 valence electrons. The predicted octanol–water partition coefficient (Wildman–Crippen LogP) is 3.73. The maximum absolute atomic E-state index is 14.6. The number of amides is 9. The van der Waals surface area contributed by atoms with E-state index in [0.717, 1.165) is 9.80 Å². The number of guanidine groups is 2. The van der Waals surface area contributed by atoms with E-state index in [4.69, 9.17) is 14.2 Å². The molecule has 1 aliphatic carbocycles. The Morgan fingerprint density at radius 1 is 0.661 bits per heavy atom. The molecular weight excluding hydrogens is 763 g/mol. The van der Waals surface area contributed by atoms with Gasteiger partial charge in [-0.25, -0.2) is 24.3 Å². The maximum Gasteiger partial charge on any atom is 0.336 e. The van der Waals surface area contributed by atoms with E-state index in [1.165, 1.54) is 26.6 Å². The van der Waals surface area contributed by atoms with Crippen molar-refractivity contribution in [1.29, 1.82) is 0 Å². The molecule has 2 aromatic rings. The lowest BCUT2D eigenvalue weighted by molar-refractivity contribution is -0.144. The monoisotopic (exact) mass is 809 g/mol. The summed E-state index contributed by atoms with van der Waals surface area (Å²) in [6.07, 6.45) is 2.47. The molecule has 59 heavy (non-hydrogen) atoms. The van der Waals surface area contributed by atoms with Crippen LogP contribution >= 0.6 is 0 Å². The number of nitrogens with zero attached hydrogens (tertiary/aromatic N) is 9. The molecule has 18 nitrogen and oxygen atoms in total. The third-order valence-corrected chi connectivity index (χ3v) is 10.4. The van der Waals surface area contributed by atoms with Crippen molar-refractivity contribution in [3.8, 4) is 0 Å². The third kappa shape index (κ3) is 7.61. The molecule has 0 radical (unpaired) electrons. The van der Waals surface area contributed by atoms with E-state index in [1.54, 1.807) is 69.3 Å². The quantitative estimate of drug-likeness (QED) is 0.271. The summed E-state index contributed by atoms with van der Waals surface area (Å²) in [4.78, 5) is 103. The molecule has 0 aromatic heterocycles. The highest BCUT2D eigenvalue weighted by Gasteiger charge is 2.57. The highest BCUT2D eigenvalue weighted by molar-refractivity contribution is 6.23. The zero-order chi connectivity index (χ0) is 42.0. The standard InChI is InChI=1S/C41H47N9O9/c1-6-57-32-29(51)48(38(54)45(32)24-27-18-12-9-13-19-27)35-42-36(49-30(52)33(58-7-2)46(39(49)55)25-28-20-14-10-15-21-28)44(5)37(43-35)50-31(53)34(59-8-3)47(40(50)56)26-41(4)22-16-11-17-23-41/h9-22,32-34,36H,6-8,23-26H2,1-5H3. The van der Waals surface area contributed by atoms with Crippen LogP contribution in [0.4, 0.5) is 14.4 Å². The number of ether oxygens (including phenoxy) is 3. The number of imide groups is 3. The minimum Gasteiger partial charge on any atom is -0.350 e. The summed E-state index contributed by atoms with van der Waals surface area (Å²) in [5.41, 5.74) is 0.861. The van der Waals surface area contributed by atoms with Crippen molar-refractivity contribution in [1.82, 2.24) is 34.3 Å². The van der Waals surface area contributed by atoms with Crippen LogP contribution in [0.3, 0.4) is 0 Å². The molecule has 3 fully saturated rings. The zero-order valence-electron chi connectivity index (χ0n) is 33.5. The number of allylic oxidation sites excluding steroid dienone is 3. The smallest absolute Gasteiger partial charge is 0.336 e. The summed E-state index contributed by atoms with van der Waals surface area (Å²) >= 11 is 0. The normalized spacial score (nSPS) is 26.0. The molecule has 4 aliphatic heterocycles. The molecule has 0 N–H and O–H groups in total. The molecule has 2 aromatic carbocycles. The fourth-order valence-corrected chi connectivity index (χ4v) is 7.58. The molecule has 5 atom stereocenters. The summed E-state index contributed by atoms with van der Waals surface area (Å²) in [6, 6.07) is 15.5. The van der Waals surface area contributed by atoms with E-state index in [0.29, 0.717) is 22.4 Å². The molecule has 0 spiro atoms. The zero-order valence-corrected chi connectivity index (χ0v) is 33.5. The minimum absolute atomic E-state index is 0.00932. The van der Waals surface area contributed by atoms with Gasteiger partial charge in [-0.1, -0.05) is 91.9 Å². The van der Waals surface area contributed by atoms with Gasteiger partial charge < -0.3 is 19.1 Å². The first-order chi connectivity index (χ1) is 28.4. The van der Waals surface area contributed by atoms with Crippen molar-refractivity contribution in [2.75, 3.05) is 33.4 Å². The molecule has 0 saturated carbocycles. The van der Waals surface area contributed by atoms with Crippen LogP contribution in [-0.2, 0) is 41.7 Å².